The van der Waals surface area contributed by atoms with Gasteiger partial charge in [0.25, 0.3) is 0 Å². The molecule has 1 saturated heterocycles. The molecule has 1 fully saturated rings. The molecule has 16 heavy (non-hydrogen) atoms. The van der Waals surface area contributed by atoms with Crippen molar-refractivity contribution in [3.63, 3.8) is 0 Å². The average molecular weight is 228 g/mol. The molecule has 2 heteroatoms. The van der Waals surface area contributed by atoms with Gasteiger partial charge in [-0.2, -0.15) is 0 Å². The Morgan fingerprint density at radius 2 is 1.94 bits per heavy atom. The molecule has 0 aromatic rings. The molecule has 0 amide bonds. The maximum Gasteiger partial charge on any atom is 0.0958 e. The highest BCUT2D eigenvalue weighted by atomic mass is 16.5. The topological polar surface area (TPSA) is 9.23 Å². The van der Waals surface area contributed by atoms with Crippen LogP contribution in [0.5, 0.6) is 0 Å². The number of ether oxygens (including phenoxy) is 1. The number of rotatable bonds is 4. The monoisotopic (exact) mass is 228 g/mol. The molecule has 2 atom stereocenters. The van der Waals surface area contributed by atoms with Gasteiger partial charge in [-0.05, 0) is 27.2 Å². The Labute approximate surface area is 102 Å². The zero-order valence-corrected chi connectivity index (χ0v) is 12.0. The van der Waals surface area contributed by atoms with Crippen molar-refractivity contribution in [3.05, 3.63) is 0 Å². The van der Waals surface area contributed by atoms with E-state index in [1.165, 1.54) is 25.7 Å². The summed E-state index contributed by atoms with van der Waals surface area (Å²) in [5, 5.41) is 0. The van der Waals surface area contributed by atoms with Crippen molar-refractivity contribution >= 4 is 0 Å². The van der Waals surface area contributed by atoms with E-state index in [1.54, 1.807) is 0 Å². The lowest BCUT2D eigenvalue weighted by atomic mass is 9.82. The summed E-state index contributed by atoms with van der Waals surface area (Å²) in [6, 6.07) is 0.690. The van der Waals surface area contributed by atoms with Gasteiger partial charge in [0, 0.05) is 19.4 Å². The van der Waals surface area contributed by atoms with Crippen molar-refractivity contribution in [2.75, 3.05) is 20.7 Å². The zero-order valence-electron chi connectivity index (χ0n) is 12.0. The molecule has 1 aliphatic heterocycles. The second kappa shape index (κ2) is 5.05. The fraction of sp³-hybridized carbons (Fsp3) is 1.00. The Hall–Kier alpha value is -0.0800. The minimum atomic E-state index is 0.328. The molecular weight excluding hydrogens is 198 g/mol. The lowest BCUT2D eigenvalue weighted by Gasteiger charge is -2.54. The number of unbranched alkanes of at least 4 members (excludes halogenated alkanes) is 1. The van der Waals surface area contributed by atoms with Crippen LogP contribution in [0, 0.1) is 0 Å². The third-order valence-corrected chi connectivity index (χ3v) is 4.84. The minimum absolute atomic E-state index is 0.328. The molecule has 1 rings (SSSR count). The number of piperidine rings is 1. The first-order valence-corrected chi connectivity index (χ1v) is 6.76. The lowest BCUT2D eigenvalue weighted by molar-refractivity contribution is -0.965. The van der Waals surface area contributed by atoms with Gasteiger partial charge in [0.2, 0.25) is 0 Å². The van der Waals surface area contributed by atoms with E-state index in [1.807, 2.05) is 0 Å². The van der Waals surface area contributed by atoms with Gasteiger partial charge in [0.05, 0.1) is 31.8 Å². The Morgan fingerprint density at radius 1 is 1.31 bits per heavy atom. The molecule has 0 spiro atoms. The van der Waals surface area contributed by atoms with Crippen molar-refractivity contribution < 1.29 is 9.22 Å². The second-order valence-electron chi connectivity index (χ2n) is 6.49. The SMILES string of the molecule is CCCCOC1CC(C)[N+](C)(C)C(C)(C)C1. The predicted molar refractivity (Wildman–Crippen MR) is 69.5 cm³/mol. The fourth-order valence-electron chi connectivity index (χ4n) is 2.64. The van der Waals surface area contributed by atoms with Crippen LogP contribution in [0.1, 0.15) is 53.4 Å². The molecule has 1 heterocycles. The van der Waals surface area contributed by atoms with Crippen molar-refractivity contribution in [1.82, 2.24) is 0 Å². The normalized spacial score (nSPS) is 32.6. The van der Waals surface area contributed by atoms with Crippen molar-refractivity contribution in [2.45, 2.75) is 71.1 Å². The summed E-state index contributed by atoms with van der Waals surface area (Å²) < 4.78 is 7.12. The highest BCUT2D eigenvalue weighted by Crippen LogP contribution is 2.37. The van der Waals surface area contributed by atoms with Crippen LogP contribution in [0.2, 0.25) is 0 Å². The Bertz CT molecular complexity index is 223. The van der Waals surface area contributed by atoms with E-state index < -0.39 is 0 Å². The van der Waals surface area contributed by atoms with E-state index in [0.717, 1.165) is 11.1 Å². The first-order valence-electron chi connectivity index (χ1n) is 6.76. The highest BCUT2D eigenvalue weighted by molar-refractivity contribution is 4.83. The van der Waals surface area contributed by atoms with E-state index in [4.69, 9.17) is 4.74 Å². The summed E-state index contributed by atoms with van der Waals surface area (Å²) in [7, 11) is 4.71. The van der Waals surface area contributed by atoms with E-state index >= 15 is 0 Å². The summed E-state index contributed by atoms with van der Waals surface area (Å²) in [6.45, 7) is 10.3. The predicted octanol–water partition coefficient (Wildman–Crippen LogP) is 3.21. The van der Waals surface area contributed by atoms with Gasteiger partial charge in [-0.1, -0.05) is 13.3 Å². The Kier molecular flexibility index (Phi) is 4.42. The molecule has 2 unspecified atom stereocenters. The van der Waals surface area contributed by atoms with Crippen LogP contribution >= 0.6 is 0 Å². The quantitative estimate of drug-likeness (QED) is 0.530. The highest BCUT2D eigenvalue weighted by Gasteiger charge is 2.47. The van der Waals surface area contributed by atoms with Crippen LogP contribution in [-0.2, 0) is 4.74 Å². The van der Waals surface area contributed by atoms with Crippen molar-refractivity contribution in [1.29, 1.82) is 0 Å². The first kappa shape index (κ1) is 14.0. The maximum atomic E-state index is 6.01. The van der Waals surface area contributed by atoms with Gasteiger partial charge in [0.1, 0.15) is 0 Å². The van der Waals surface area contributed by atoms with Gasteiger partial charge < -0.3 is 9.22 Å². The summed E-state index contributed by atoms with van der Waals surface area (Å²) in [6.07, 6.45) is 5.30. The smallest absolute Gasteiger partial charge is 0.0958 e. The summed E-state index contributed by atoms with van der Waals surface area (Å²) >= 11 is 0. The van der Waals surface area contributed by atoms with Crippen LogP contribution in [0.3, 0.4) is 0 Å². The number of hydrogen-bond acceptors (Lipinski definition) is 1. The van der Waals surface area contributed by atoms with Crippen LogP contribution < -0.4 is 0 Å². The van der Waals surface area contributed by atoms with Crippen LogP contribution in [0.4, 0.5) is 0 Å². The number of nitrogens with zero attached hydrogens (tertiary/aromatic N) is 1. The summed E-state index contributed by atoms with van der Waals surface area (Å²) in [5.74, 6) is 0. The number of likely N-dealkylation sites (tertiary alicyclic amines) is 1. The average Bonchev–Trinajstić information content (AvgIpc) is 2.15. The van der Waals surface area contributed by atoms with Gasteiger partial charge in [0.15, 0.2) is 0 Å². The summed E-state index contributed by atoms with van der Waals surface area (Å²) in [4.78, 5) is 0. The molecule has 0 radical (unpaired) electrons. The second-order valence-corrected chi connectivity index (χ2v) is 6.49. The van der Waals surface area contributed by atoms with Gasteiger partial charge >= 0.3 is 0 Å². The molecule has 0 N–H and O–H groups in total. The van der Waals surface area contributed by atoms with Crippen molar-refractivity contribution in [2.24, 2.45) is 0 Å². The van der Waals surface area contributed by atoms with Crippen LogP contribution in [-0.4, -0.2) is 42.9 Å². The molecule has 0 aromatic heterocycles. The number of hydrogen-bond donors (Lipinski definition) is 0. The Morgan fingerprint density at radius 3 is 2.44 bits per heavy atom. The number of quaternary nitrogens is 1. The van der Waals surface area contributed by atoms with Crippen LogP contribution in [0.15, 0.2) is 0 Å². The van der Waals surface area contributed by atoms with Gasteiger partial charge in [-0.3, -0.25) is 0 Å². The Balaban J connectivity index is 2.55. The largest absolute Gasteiger partial charge is 0.378 e. The minimum Gasteiger partial charge on any atom is -0.378 e. The lowest BCUT2D eigenvalue weighted by Crippen LogP contribution is -2.65. The zero-order chi connectivity index (χ0) is 12.4. The third kappa shape index (κ3) is 2.78. The van der Waals surface area contributed by atoms with E-state index in [-0.39, 0.29) is 0 Å². The van der Waals surface area contributed by atoms with Crippen LogP contribution in [0.25, 0.3) is 0 Å². The molecular formula is C14H30NO+. The first-order chi connectivity index (χ1) is 7.31. The third-order valence-electron chi connectivity index (χ3n) is 4.84. The van der Waals surface area contributed by atoms with Crippen molar-refractivity contribution in [3.8, 4) is 0 Å². The fourth-order valence-corrected chi connectivity index (χ4v) is 2.64. The molecule has 0 aliphatic carbocycles. The standard InChI is InChI=1S/C14H30NO/c1-7-8-9-16-13-10-12(2)15(5,6)14(3,4)11-13/h12-13H,7-11H2,1-6H3/q+1. The van der Waals surface area contributed by atoms with E-state index in [0.29, 0.717) is 17.7 Å². The van der Waals surface area contributed by atoms with Gasteiger partial charge in [-0.15, -0.1) is 0 Å². The molecule has 1 aliphatic rings. The summed E-state index contributed by atoms with van der Waals surface area (Å²) in [5.41, 5.74) is 0.328. The molecule has 0 saturated carbocycles. The van der Waals surface area contributed by atoms with E-state index in [9.17, 15) is 0 Å². The molecule has 0 bridgehead atoms. The molecule has 2 nitrogen and oxygen atoms in total. The molecule has 0 aromatic carbocycles. The van der Waals surface area contributed by atoms with Gasteiger partial charge in [-0.25, -0.2) is 0 Å². The molecule has 96 valence electrons. The van der Waals surface area contributed by atoms with E-state index in [2.05, 4.69) is 41.8 Å². The maximum absolute atomic E-state index is 6.01.